The molecular formula is C11H20O. The van der Waals surface area contributed by atoms with Gasteiger partial charge in [-0.2, -0.15) is 0 Å². The molecule has 70 valence electrons. The summed E-state index contributed by atoms with van der Waals surface area (Å²) in [5.74, 6) is 0. The maximum Gasteiger partial charge on any atom is 0.0752 e. The average Bonchev–Trinajstić information content (AvgIpc) is 2.14. The molecule has 0 aromatic rings. The second kappa shape index (κ2) is 6.24. The molecule has 0 saturated heterocycles. The largest absolute Gasteiger partial charge is 0.377 e. The van der Waals surface area contributed by atoms with E-state index < -0.39 is 0 Å². The van der Waals surface area contributed by atoms with Crippen LogP contribution in [0.15, 0.2) is 12.2 Å². The summed E-state index contributed by atoms with van der Waals surface area (Å²) in [5.41, 5.74) is 0. The third kappa shape index (κ3) is 3.91. The predicted octanol–water partition coefficient (Wildman–Crippen LogP) is 3.30. The lowest BCUT2D eigenvalue weighted by molar-refractivity contribution is 0.130. The van der Waals surface area contributed by atoms with Crippen LogP contribution in [0.5, 0.6) is 0 Å². The van der Waals surface area contributed by atoms with E-state index in [0.29, 0.717) is 6.10 Å². The van der Waals surface area contributed by atoms with E-state index >= 15 is 0 Å². The molecule has 0 heterocycles. The molecule has 1 atom stereocenters. The van der Waals surface area contributed by atoms with Crippen LogP contribution in [0.25, 0.3) is 0 Å². The summed E-state index contributed by atoms with van der Waals surface area (Å²) in [6.07, 6.45) is 14.2. The summed E-state index contributed by atoms with van der Waals surface area (Å²) in [7, 11) is 1.81. The summed E-state index contributed by atoms with van der Waals surface area (Å²) < 4.78 is 5.34. The molecular weight excluding hydrogens is 148 g/mol. The third-order valence-electron chi connectivity index (χ3n) is 2.51. The fourth-order valence-electron chi connectivity index (χ4n) is 1.68. The first-order chi connectivity index (χ1) is 5.93. The monoisotopic (exact) mass is 168 g/mol. The molecule has 12 heavy (non-hydrogen) atoms. The Morgan fingerprint density at radius 1 is 1.08 bits per heavy atom. The Labute approximate surface area is 75.8 Å². The molecule has 1 aliphatic carbocycles. The van der Waals surface area contributed by atoms with Gasteiger partial charge in [-0.05, 0) is 19.3 Å². The number of methoxy groups -OCH3 is 1. The number of hydrogen-bond donors (Lipinski definition) is 0. The standard InChI is InChI=1S/C11H20O/c1-12-11-9-7-5-3-2-4-6-8-10-11/h7,9,11H,2-6,8,10H2,1H3/b9-7-. The minimum atomic E-state index is 0.378. The topological polar surface area (TPSA) is 9.23 Å². The Kier molecular flexibility index (Phi) is 5.09. The maximum atomic E-state index is 5.34. The minimum Gasteiger partial charge on any atom is -0.377 e. The van der Waals surface area contributed by atoms with Gasteiger partial charge in [0.25, 0.3) is 0 Å². The number of allylic oxidation sites excluding steroid dienone is 1. The van der Waals surface area contributed by atoms with Gasteiger partial charge < -0.3 is 4.74 Å². The van der Waals surface area contributed by atoms with Crippen molar-refractivity contribution < 1.29 is 4.74 Å². The lowest BCUT2D eigenvalue weighted by atomic mass is 10.0. The highest BCUT2D eigenvalue weighted by Crippen LogP contribution is 2.13. The Morgan fingerprint density at radius 3 is 2.67 bits per heavy atom. The van der Waals surface area contributed by atoms with Crippen LogP contribution in [0.4, 0.5) is 0 Å². The SMILES string of the molecule is COC1/C=C\CCCCCCC1. The molecule has 1 rings (SSSR count). The molecule has 0 aromatic carbocycles. The highest BCUT2D eigenvalue weighted by Gasteiger charge is 2.02. The van der Waals surface area contributed by atoms with Gasteiger partial charge in [-0.3, -0.25) is 0 Å². The summed E-state index contributed by atoms with van der Waals surface area (Å²) in [6, 6.07) is 0. The molecule has 1 aliphatic rings. The van der Waals surface area contributed by atoms with Crippen LogP contribution < -0.4 is 0 Å². The van der Waals surface area contributed by atoms with Crippen LogP contribution in [0.1, 0.15) is 44.9 Å². The molecule has 1 unspecified atom stereocenters. The van der Waals surface area contributed by atoms with Gasteiger partial charge in [-0.1, -0.05) is 37.8 Å². The van der Waals surface area contributed by atoms with Gasteiger partial charge in [-0.15, -0.1) is 0 Å². The van der Waals surface area contributed by atoms with Crippen molar-refractivity contribution in [2.45, 2.75) is 51.0 Å². The van der Waals surface area contributed by atoms with Gasteiger partial charge in [0.1, 0.15) is 0 Å². The molecule has 0 bridgehead atoms. The number of ether oxygens (including phenoxy) is 1. The Morgan fingerprint density at radius 2 is 1.83 bits per heavy atom. The lowest BCUT2D eigenvalue weighted by Crippen LogP contribution is -2.06. The van der Waals surface area contributed by atoms with Crippen molar-refractivity contribution >= 4 is 0 Å². The molecule has 0 saturated carbocycles. The van der Waals surface area contributed by atoms with E-state index in [4.69, 9.17) is 4.74 Å². The molecule has 0 aliphatic heterocycles. The fourth-order valence-corrected chi connectivity index (χ4v) is 1.68. The van der Waals surface area contributed by atoms with Gasteiger partial charge in [0.2, 0.25) is 0 Å². The average molecular weight is 168 g/mol. The van der Waals surface area contributed by atoms with Gasteiger partial charge >= 0.3 is 0 Å². The van der Waals surface area contributed by atoms with Crippen LogP contribution in [-0.2, 0) is 4.74 Å². The quantitative estimate of drug-likeness (QED) is 0.546. The van der Waals surface area contributed by atoms with Gasteiger partial charge in [0, 0.05) is 7.11 Å². The van der Waals surface area contributed by atoms with Gasteiger partial charge in [-0.25, -0.2) is 0 Å². The van der Waals surface area contributed by atoms with Crippen molar-refractivity contribution in [3.05, 3.63) is 12.2 Å². The molecule has 0 spiro atoms. The second-order valence-electron chi connectivity index (χ2n) is 3.55. The van der Waals surface area contributed by atoms with Crippen molar-refractivity contribution in [3.8, 4) is 0 Å². The molecule has 1 nitrogen and oxygen atoms in total. The Bertz CT molecular complexity index is 129. The second-order valence-corrected chi connectivity index (χ2v) is 3.55. The smallest absolute Gasteiger partial charge is 0.0752 e. The Balaban J connectivity index is 2.31. The first-order valence-corrected chi connectivity index (χ1v) is 5.13. The van der Waals surface area contributed by atoms with Crippen LogP contribution in [0, 0.1) is 0 Å². The van der Waals surface area contributed by atoms with E-state index in [2.05, 4.69) is 12.2 Å². The van der Waals surface area contributed by atoms with E-state index in [9.17, 15) is 0 Å². The predicted molar refractivity (Wildman–Crippen MR) is 52.3 cm³/mol. The third-order valence-corrected chi connectivity index (χ3v) is 2.51. The highest BCUT2D eigenvalue weighted by atomic mass is 16.5. The highest BCUT2D eigenvalue weighted by molar-refractivity contribution is 4.89. The van der Waals surface area contributed by atoms with E-state index in [1.54, 1.807) is 7.11 Å². The molecule has 0 amide bonds. The summed E-state index contributed by atoms with van der Waals surface area (Å²) in [6.45, 7) is 0. The zero-order valence-corrected chi connectivity index (χ0v) is 8.09. The van der Waals surface area contributed by atoms with E-state index in [-0.39, 0.29) is 0 Å². The molecule has 0 aromatic heterocycles. The fraction of sp³-hybridized carbons (Fsp3) is 0.818. The zero-order chi connectivity index (χ0) is 8.65. The molecule has 0 radical (unpaired) electrons. The van der Waals surface area contributed by atoms with Crippen molar-refractivity contribution in [2.75, 3.05) is 7.11 Å². The lowest BCUT2D eigenvalue weighted by Gasteiger charge is -2.11. The van der Waals surface area contributed by atoms with E-state index in [1.807, 2.05) is 0 Å². The number of rotatable bonds is 1. The van der Waals surface area contributed by atoms with Crippen molar-refractivity contribution in [3.63, 3.8) is 0 Å². The van der Waals surface area contributed by atoms with Crippen molar-refractivity contribution in [1.29, 1.82) is 0 Å². The Hall–Kier alpha value is -0.300. The van der Waals surface area contributed by atoms with Crippen LogP contribution in [0.3, 0.4) is 0 Å². The van der Waals surface area contributed by atoms with E-state index in [1.165, 1.54) is 44.9 Å². The van der Waals surface area contributed by atoms with Gasteiger partial charge in [0.15, 0.2) is 0 Å². The van der Waals surface area contributed by atoms with Crippen LogP contribution in [-0.4, -0.2) is 13.2 Å². The molecule has 0 fully saturated rings. The number of hydrogen-bond acceptors (Lipinski definition) is 1. The molecule has 1 heteroatoms. The van der Waals surface area contributed by atoms with Crippen molar-refractivity contribution in [2.24, 2.45) is 0 Å². The summed E-state index contributed by atoms with van der Waals surface area (Å²) in [4.78, 5) is 0. The van der Waals surface area contributed by atoms with E-state index in [0.717, 1.165) is 0 Å². The molecule has 0 N–H and O–H groups in total. The van der Waals surface area contributed by atoms with Crippen LogP contribution in [0.2, 0.25) is 0 Å². The summed E-state index contributed by atoms with van der Waals surface area (Å²) in [5, 5.41) is 0. The maximum absolute atomic E-state index is 5.34. The van der Waals surface area contributed by atoms with Crippen LogP contribution >= 0.6 is 0 Å². The zero-order valence-electron chi connectivity index (χ0n) is 8.09. The first-order valence-electron chi connectivity index (χ1n) is 5.13. The summed E-state index contributed by atoms with van der Waals surface area (Å²) >= 11 is 0. The van der Waals surface area contributed by atoms with Gasteiger partial charge in [0.05, 0.1) is 6.10 Å². The minimum absolute atomic E-state index is 0.378. The first kappa shape index (κ1) is 9.79. The normalized spacial score (nSPS) is 29.6. The van der Waals surface area contributed by atoms with Crippen molar-refractivity contribution in [1.82, 2.24) is 0 Å².